The van der Waals surface area contributed by atoms with Gasteiger partial charge < -0.3 is 14.8 Å². The Balaban J connectivity index is 1.76. The van der Waals surface area contributed by atoms with E-state index in [9.17, 15) is 9.59 Å². The predicted molar refractivity (Wildman–Crippen MR) is 137 cm³/mol. The van der Waals surface area contributed by atoms with Crippen molar-refractivity contribution in [3.05, 3.63) is 59.2 Å². The lowest BCUT2D eigenvalue weighted by Gasteiger charge is -2.35. The van der Waals surface area contributed by atoms with Crippen molar-refractivity contribution in [2.24, 2.45) is 0 Å². The highest BCUT2D eigenvalue weighted by Crippen LogP contribution is 2.67. The molecule has 0 bridgehead atoms. The molecule has 1 N–H and O–H groups in total. The average molecular weight is 471 g/mol. The molecule has 1 aliphatic rings. The van der Waals surface area contributed by atoms with Crippen molar-refractivity contribution >= 4 is 24.8 Å². The smallest absolute Gasteiger partial charge is 0.344 e. The van der Waals surface area contributed by atoms with Gasteiger partial charge in [-0.15, -0.1) is 0 Å². The van der Waals surface area contributed by atoms with E-state index in [0.29, 0.717) is 6.16 Å². The highest BCUT2D eigenvalue weighted by Gasteiger charge is 2.51. The maximum atomic E-state index is 13.6. The first kappa shape index (κ1) is 25.2. The number of hydrogen-bond acceptors (Lipinski definition) is 4. The molecule has 3 rings (SSSR count). The third kappa shape index (κ3) is 6.35. The second kappa shape index (κ2) is 11.7. The molecule has 1 atom stereocenters. The number of rotatable bonds is 9. The van der Waals surface area contributed by atoms with Crippen LogP contribution in [0.3, 0.4) is 0 Å². The molecule has 1 amide bonds. The fourth-order valence-corrected chi connectivity index (χ4v) is 10.1. The number of carbonyl (C=O) groups is 2. The molecule has 0 spiro atoms. The van der Waals surface area contributed by atoms with Crippen molar-refractivity contribution in [2.75, 3.05) is 30.9 Å². The van der Waals surface area contributed by atoms with Gasteiger partial charge in [0.15, 0.2) is 6.16 Å². The number of benzene rings is 2. The molecule has 2 aromatic carbocycles. The molecule has 6 heteroatoms. The normalized spacial score (nSPS) is 16.0. The van der Waals surface area contributed by atoms with Gasteiger partial charge in [0.25, 0.3) is 5.91 Å². The molecule has 0 aliphatic carbocycles. The number of esters is 1. The van der Waals surface area contributed by atoms with Gasteiger partial charge in [0.1, 0.15) is 18.0 Å². The zero-order chi connectivity index (χ0) is 23.8. The van der Waals surface area contributed by atoms with Crippen molar-refractivity contribution in [3.8, 4) is 5.75 Å². The van der Waals surface area contributed by atoms with Crippen molar-refractivity contribution in [2.45, 2.75) is 58.7 Å². The number of anilines is 1. The molecule has 178 valence electrons. The number of nitrogens with one attached hydrogen (secondary N) is 1. The summed E-state index contributed by atoms with van der Waals surface area (Å²) in [6.07, 6.45) is 6.45. The molecule has 0 radical (unpaired) electrons. The lowest BCUT2D eigenvalue weighted by atomic mass is 10.1. The Morgan fingerprint density at radius 2 is 1.67 bits per heavy atom. The van der Waals surface area contributed by atoms with E-state index in [1.807, 2.05) is 56.3 Å². The Labute approximate surface area is 198 Å². The Hall–Kier alpha value is -2.39. The lowest BCUT2D eigenvalue weighted by molar-refractivity contribution is -0.141. The Morgan fingerprint density at radius 1 is 1.03 bits per heavy atom. The number of ether oxygens (including phenoxy) is 2. The van der Waals surface area contributed by atoms with Crippen molar-refractivity contribution in [1.29, 1.82) is 0 Å². The maximum absolute atomic E-state index is 13.6. The molecule has 1 saturated heterocycles. The van der Waals surface area contributed by atoms with Gasteiger partial charge in [-0.1, -0.05) is 37.3 Å². The summed E-state index contributed by atoms with van der Waals surface area (Å²) in [6, 6.07) is 13.6. The van der Waals surface area contributed by atoms with Crippen LogP contribution in [0.15, 0.2) is 42.5 Å². The summed E-state index contributed by atoms with van der Waals surface area (Å²) in [6.45, 7) is 6.33. The largest absolute Gasteiger partial charge is 0.497 e. The second-order valence-corrected chi connectivity index (χ2v) is 13.4. The van der Waals surface area contributed by atoms with E-state index >= 15 is 0 Å². The molecule has 2 aromatic rings. The van der Waals surface area contributed by atoms with Crippen LogP contribution in [0.1, 0.15) is 49.3 Å². The van der Waals surface area contributed by atoms with Gasteiger partial charge in [-0.3, -0.25) is 4.79 Å². The summed E-state index contributed by atoms with van der Waals surface area (Å²) in [5, 5.41) is 3.22. The number of carbonyl (C=O) groups excluding carboxylic acids is 2. The van der Waals surface area contributed by atoms with Gasteiger partial charge in [-0.2, -0.15) is 0 Å². The average Bonchev–Trinajstić information content (AvgIpc) is 2.81. The fourth-order valence-electron chi connectivity index (χ4n) is 5.03. The number of methoxy groups -OCH3 is 1. The zero-order valence-electron chi connectivity index (χ0n) is 20.4. The Morgan fingerprint density at radius 3 is 2.24 bits per heavy atom. The van der Waals surface area contributed by atoms with E-state index in [2.05, 4.69) is 12.2 Å². The third-order valence-corrected chi connectivity index (χ3v) is 12.0. The van der Waals surface area contributed by atoms with Gasteiger partial charge in [0.05, 0.1) is 19.4 Å². The molecule has 1 unspecified atom stereocenters. The lowest BCUT2D eigenvalue weighted by Crippen LogP contribution is -2.37. The summed E-state index contributed by atoms with van der Waals surface area (Å²) in [4.78, 5) is 26.5. The Kier molecular flexibility index (Phi) is 8.91. The molecule has 1 fully saturated rings. The maximum Gasteiger partial charge on any atom is 0.344 e. The van der Waals surface area contributed by atoms with E-state index in [4.69, 9.17) is 9.47 Å². The minimum absolute atomic E-state index is 0.0416. The molecule has 1 aliphatic heterocycles. The topological polar surface area (TPSA) is 64.6 Å². The summed E-state index contributed by atoms with van der Waals surface area (Å²) in [7, 11) is -0.181. The third-order valence-electron chi connectivity index (χ3n) is 6.73. The summed E-state index contributed by atoms with van der Waals surface area (Å²) in [5.41, 5.74) is 3.66. The van der Waals surface area contributed by atoms with Crippen molar-refractivity contribution < 1.29 is 19.1 Å². The predicted octanol–water partition coefficient (Wildman–Crippen LogP) is 5.97. The van der Waals surface area contributed by atoms with Crippen LogP contribution in [0.4, 0.5) is 5.69 Å². The molecule has 0 aromatic heterocycles. The first-order valence-corrected chi connectivity index (χ1v) is 14.3. The summed E-state index contributed by atoms with van der Waals surface area (Å²) < 4.78 is 11.0. The van der Waals surface area contributed by atoms with Crippen molar-refractivity contribution in [3.63, 3.8) is 0 Å². The SMILES string of the molecule is CCC(C(=O)Nc1c(C)cc(OC)cc1C)[P+]1(CC(=O)OCc2ccccc2)CCCCC1. The monoisotopic (exact) mass is 470 g/mol. The molecular weight excluding hydrogens is 433 g/mol. The first-order chi connectivity index (χ1) is 15.9. The Bertz CT molecular complexity index is 931. The number of aryl methyl sites for hydroxylation is 2. The van der Waals surface area contributed by atoms with Gasteiger partial charge >= 0.3 is 5.97 Å². The molecule has 5 nitrogen and oxygen atoms in total. The second-order valence-electron chi connectivity index (χ2n) is 9.08. The fraction of sp³-hybridized carbons (Fsp3) is 0.481. The summed E-state index contributed by atoms with van der Waals surface area (Å²) >= 11 is 0. The standard InChI is InChI=1S/C27H36NO4P/c1-5-24(27(30)28-26-20(2)16-23(31-4)17-21(26)3)33(14-10-7-11-15-33)19-25(29)32-18-22-12-8-6-9-13-22/h6,8-9,12-13,16-17,24H,5,7,10-11,14-15,18-19H2,1-4H3/p+1. The van der Waals surface area contributed by atoms with Gasteiger partial charge in [0.2, 0.25) is 0 Å². The highest BCUT2D eigenvalue weighted by molar-refractivity contribution is 7.78. The van der Waals surface area contributed by atoms with E-state index in [-0.39, 0.29) is 24.1 Å². The van der Waals surface area contributed by atoms with Crippen LogP contribution < -0.4 is 10.1 Å². The van der Waals surface area contributed by atoms with Gasteiger partial charge in [-0.25, -0.2) is 4.79 Å². The van der Waals surface area contributed by atoms with E-state index < -0.39 is 7.26 Å². The highest BCUT2D eigenvalue weighted by atomic mass is 31.2. The van der Waals surface area contributed by atoms with Gasteiger partial charge in [0, 0.05) is 12.9 Å². The minimum Gasteiger partial charge on any atom is -0.497 e. The van der Waals surface area contributed by atoms with Gasteiger partial charge in [-0.05, 0) is 68.4 Å². The quantitative estimate of drug-likeness (QED) is 0.362. The molecule has 0 saturated carbocycles. The van der Waals surface area contributed by atoms with E-state index in [1.165, 1.54) is 6.42 Å². The minimum atomic E-state index is -1.83. The molecule has 1 heterocycles. The van der Waals surface area contributed by atoms with E-state index in [0.717, 1.165) is 59.7 Å². The molecule has 33 heavy (non-hydrogen) atoms. The van der Waals surface area contributed by atoms with Crippen LogP contribution >= 0.6 is 7.26 Å². The van der Waals surface area contributed by atoms with Crippen LogP contribution in [0.2, 0.25) is 0 Å². The van der Waals surface area contributed by atoms with Crippen molar-refractivity contribution in [1.82, 2.24) is 0 Å². The van der Waals surface area contributed by atoms with E-state index in [1.54, 1.807) is 7.11 Å². The summed E-state index contributed by atoms with van der Waals surface area (Å²) in [5.74, 6) is 0.657. The number of hydrogen-bond donors (Lipinski definition) is 1. The number of amides is 1. The van der Waals surface area contributed by atoms with Crippen LogP contribution in [-0.2, 0) is 20.9 Å². The first-order valence-electron chi connectivity index (χ1n) is 11.9. The van der Waals surface area contributed by atoms with Crippen LogP contribution in [-0.4, -0.2) is 43.1 Å². The van der Waals surface area contributed by atoms with Crippen LogP contribution in [0, 0.1) is 13.8 Å². The van der Waals surface area contributed by atoms with Crippen LogP contribution in [0.5, 0.6) is 5.75 Å². The zero-order valence-corrected chi connectivity index (χ0v) is 21.3. The van der Waals surface area contributed by atoms with Crippen LogP contribution in [0.25, 0.3) is 0 Å². The molecular formula is C27H37NO4P+.